The van der Waals surface area contributed by atoms with Crippen LogP contribution in [0.2, 0.25) is 0 Å². The summed E-state index contributed by atoms with van der Waals surface area (Å²) in [6.45, 7) is 7.84. The number of amidine groups is 1. The molecule has 0 radical (unpaired) electrons. The van der Waals surface area contributed by atoms with Gasteiger partial charge >= 0.3 is 5.97 Å². The maximum atomic E-state index is 11.5. The Labute approximate surface area is 207 Å². The van der Waals surface area contributed by atoms with E-state index >= 15 is 0 Å². The molecular formula is C29H34N2O4. The molecule has 2 aromatic rings. The highest BCUT2D eigenvalue weighted by molar-refractivity contribution is 6.12. The van der Waals surface area contributed by atoms with Crippen LogP contribution in [0.15, 0.2) is 82.3 Å². The van der Waals surface area contributed by atoms with E-state index in [1.54, 1.807) is 26.0 Å². The molecule has 0 aromatic heterocycles. The smallest absolute Gasteiger partial charge is 0.308 e. The summed E-state index contributed by atoms with van der Waals surface area (Å²) in [5.74, 6) is 0.716. The first kappa shape index (κ1) is 25.9. The average molecular weight is 475 g/mol. The van der Waals surface area contributed by atoms with E-state index in [-0.39, 0.29) is 36.9 Å². The fourth-order valence-corrected chi connectivity index (χ4v) is 3.55. The van der Waals surface area contributed by atoms with E-state index in [1.165, 1.54) is 11.6 Å². The molecular weight excluding hydrogens is 440 g/mol. The lowest BCUT2D eigenvalue weighted by Gasteiger charge is -2.14. The predicted molar refractivity (Wildman–Crippen MR) is 141 cm³/mol. The number of allylic oxidation sites excluding steroid dienone is 2. The summed E-state index contributed by atoms with van der Waals surface area (Å²) in [5, 5.41) is 10.6. The highest BCUT2D eigenvalue weighted by Gasteiger charge is 2.13. The van der Waals surface area contributed by atoms with E-state index in [0.29, 0.717) is 22.9 Å². The molecule has 0 saturated carbocycles. The van der Waals surface area contributed by atoms with Gasteiger partial charge in [0.05, 0.1) is 17.7 Å². The van der Waals surface area contributed by atoms with E-state index in [2.05, 4.69) is 25.2 Å². The first-order valence-corrected chi connectivity index (χ1v) is 12.0. The van der Waals surface area contributed by atoms with E-state index in [1.807, 2.05) is 37.3 Å². The van der Waals surface area contributed by atoms with Gasteiger partial charge in [0, 0.05) is 17.2 Å². The van der Waals surface area contributed by atoms with Crippen molar-refractivity contribution in [2.45, 2.75) is 46.6 Å². The summed E-state index contributed by atoms with van der Waals surface area (Å²) in [5.41, 5.74) is 3.33. The number of phenolic OH excluding ortho intramolecular Hbond substituents is 1. The number of carbonyl (C=O) groups is 1. The zero-order chi connectivity index (χ0) is 25.2. The number of aliphatic imine (C=N–C) groups is 2. The van der Waals surface area contributed by atoms with Gasteiger partial charge in [0.15, 0.2) is 5.84 Å². The van der Waals surface area contributed by atoms with E-state index in [4.69, 9.17) is 19.5 Å². The molecule has 0 fully saturated rings. The Balaban J connectivity index is 1.77. The molecule has 184 valence electrons. The van der Waals surface area contributed by atoms with Crippen molar-refractivity contribution in [2.24, 2.45) is 15.9 Å². The van der Waals surface area contributed by atoms with Gasteiger partial charge in [-0.15, -0.1) is 0 Å². The van der Waals surface area contributed by atoms with Gasteiger partial charge in [-0.25, -0.2) is 4.99 Å². The monoisotopic (exact) mass is 474 g/mol. The first-order valence-electron chi connectivity index (χ1n) is 12.0. The number of esters is 1. The fourth-order valence-electron chi connectivity index (χ4n) is 3.55. The molecule has 2 aromatic carbocycles. The van der Waals surface area contributed by atoms with Crippen LogP contribution in [0.1, 0.15) is 51.7 Å². The van der Waals surface area contributed by atoms with Gasteiger partial charge in [0.25, 0.3) is 0 Å². The van der Waals surface area contributed by atoms with Crippen LogP contribution in [-0.4, -0.2) is 41.9 Å². The molecule has 0 spiro atoms. The minimum Gasteiger partial charge on any atom is -0.507 e. The largest absolute Gasteiger partial charge is 0.507 e. The van der Waals surface area contributed by atoms with Crippen LogP contribution in [0, 0.1) is 5.92 Å². The van der Waals surface area contributed by atoms with Crippen LogP contribution in [0.25, 0.3) is 0 Å². The standard InChI is InChI=1S/C29H34N2O4/c1-20(2)29(33)35-18-17-34-25-15-16-26(27(32)19-25)22(4)31-28(24-13-9-6-10-14-24)30-21(3)23-11-7-5-8-12-23/h6-7,9-16,19-21,32H,5,8,17-18H2,1-4H3. The Morgan fingerprint density at radius 1 is 1.06 bits per heavy atom. The van der Waals surface area contributed by atoms with Gasteiger partial charge in [-0.05, 0) is 44.4 Å². The lowest BCUT2D eigenvalue weighted by Crippen LogP contribution is -2.16. The Morgan fingerprint density at radius 2 is 1.83 bits per heavy atom. The highest BCUT2D eigenvalue weighted by atomic mass is 16.6. The van der Waals surface area contributed by atoms with Gasteiger partial charge in [-0.2, -0.15) is 0 Å². The first-order chi connectivity index (χ1) is 16.8. The maximum Gasteiger partial charge on any atom is 0.308 e. The summed E-state index contributed by atoms with van der Waals surface area (Å²) in [7, 11) is 0. The molecule has 0 bridgehead atoms. The normalized spacial score (nSPS) is 15.1. The van der Waals surface area contributed by atoms with Crippen LogP contribution in [0.5, 0.6) is 11.5 Å². The van der Waals surface area contributed by atoms with Crippen LogP contribution in [-0.2, 0) is 9.53 Å². The molecule has 0 aliphatic heterocycles. The molecule has 0 amide bonds. The molecule has 0 heterocycles. The van der Waals surface area contributed by atoms with Gasteiger partial charge in [0.1, 0.15) is 24.7 Å². The van der Waals surface area contributed by atoms with E-state index in [9.17, 15) is 9.90 Å². The Kier molecular flexibility index (Phi) is 9.41. The summed E-state index contributed by atoms with van der Waals surface area (Å²) in [6.07, 6.45) is 8.61. The number of carbonyl (C=O) groups excluding carboxylic acids is 1. The second kappa shape index (κ2) is 12.7. The molecule has 1 atom stereocenters. The van der Waals surface area contributed by atoms with Crippen molar-refractivity contribution in [2.75, 3.05) is 13.2 Å². The third-order valence-corrected chi connectivity index (χ3v) is 5.55. The Hall–Kier alpha value is -3.67. The molecule has 1 unspecified atom stereocenters. The third kappa shape index (κ3) is 7.67. The summed E-state index contributed by atoms with van der Waals surface area (Å²) in [4.78, 5) is 21.3. The second-order valence-corrected chi connectivity index (χ2v) is 8.73. The molecule has 35 heavy (non-hydrogen) atoms. The third-order valence-electron chi connectivity index (χ3n) is 5.55. The van der Waals surface area contributed by atoms with Gasteiger partial charge in [-0.1, -0.05) is 62.4 Å². The summed E-state index contributed by atoms with van der Waals surface area (Å²) < 4.78 is 10.7. The lowest BCUT2D eigenvalue weighted by atomic mass is 10.0. The maximum absolute atomic E-state index is 11.5. The quantitative estimate of drug-likeness (QED) is 0.213. The number of nitrogens with zero attached hydrogens (tertiary/aromatic N) is 2. The molecule has 1 aliphatic carbocycles. The Morgan fingerprint density at radius 3 is 2.49 bits per heavy atom. The number of phenols is 1. The zero-order valence-electron chi connectivity index (χ0n) is 20.9. The highest BCUT2D eigenvalue weighted by Crippen LogP contribution is 2.25. The predicted octanol–water partition coefficient (Wildman–Crippen LogP) is 5.89. The van der Waals surface area contributed by atoms with Crippen molar-refractivity contribution in [1.82, 2.24) is 0 Å². The van der Waals surface area contributed by atoms with Crippen molar-refractivity contribution in [1.29, 1.82) is 0 Å². The molecule has 0 saturated heterocycles. The molecule has 6 nitrogen and oxygen atoms in total. The fraction of sp³-hybridized carbons (Fsp3) is 0.345. The van der Waals surface area contributed by atoms with Crippen molar-refractivity contribution in [3.8, 4) is 11.5 Å². The van der Waals surface area contributed by atoms with Crippen LogP contribution in [0.4, 0.5) is 0 Å². The summed E-state index contributed by atoms with van der Waals surface area (Å²) in [6, 6.07) is 14.9. The minimum atomic E-state index is -0.264. The van der Waals surface area contributed by atoms with Crippen LogP contribution in [0.3, 0.4) is 0 Å². The Bertz CT molecular complexity index is 1130. The van der Waals surface area contributed by atoms with Gasteiger partial charge in [-0.3, -0.25) is 9.79 Å². The molecule has 3 rings (SSSR count). The number of benzene rings is 2. The van der Waals surface area contributed by atoms with E-state index < -0.39 is 0 Å². The van der Waals surface area contributed by atoms with Crippen molar-refractivity contribution in [3.05, 3.63) is 83.5 Å². The number of aromatic hydroxyl groups is 1. The minimum absolute atomic E-state index is 0.0347. The topological polar surface area (TPSA) is 80.5 Å². The van der Waals surface area contributed by atoms with Gasteiger partial charge in [0.2, 0.25) is 0 Å². The average Bonchev–Trinajstić information content (AvgIpc) is 2.87. The lowest BCUT2D eigenvalue weighted by molar-refractivity contribution is -0.148. The number of hydrogen-bond acceptors (Lipinski definition) is 5. The second-order valence-electron chi connectivity index (χ2n) is 8.73. The number of hydrogen-bond donors (Lipinski definition) is 1. The number of rotatable bonds is 9. The molecule has 1 N–H and O–H groups in total. The van der Waals surface area contributed by atoms with Crippen molar-refractivity contribution >= 4 is 17.5 Å². The zero-order valence-corrected chi connectivity index (χ0v) is 20.9. The van der Waals surface area contributed by atoms with Crippen molar-refractivity contribution in [3.63, 3.8) is 0 Å². The van der Waals surface area contributed by atoms with Crippen molar-refractivity contribution < 1.29 is 19.4 Å². The van der Waals surface area contributed by atoms with Crippen LogP contribution < -0.4 is 4.74 Å². The number of ether oxygens (including phenoxy) is 2. The summed E-state index contributed by atoms with van der Waals surface area (Å²) >= 11 is 0. The van der Waals surface area contributed by atoms with Crippen LogP contribution >= 0.6 is 0 Å². The molecule has 6 heteroatoms. The SMILES string of the molecule is CC(=NC(=NC(C)C1=CCCC=C1)c1ccccc1)c1ccc(OCCOC(=O)C(C)C)cc1O. The van der Waals surface area contributed by atoms with E-state index in [0.717, 1.165) is 18.4 Å². The molecule has 1 aliphatic rings. The van der Waals surface area contributed by atoms with Gasteiger partial charge < -0.3 is 14.6 Å².